The Bertz CT molecular complexity index is 939. The summed E-state index contributed by atoms with van der Waals surface area (Å²) in [5.74, 6) is 0.378. The van der Waals surface area contributed by atoms with Crippen molar-refractivity contribution in [3.63, 3.8) is 0 Å². The molecule has 1 heterocycles. The number of halogens is 1. The van der Waals surface area contributed by atoms with E-state index >= 15 is 0 Å². The Balaban J connectivity index is 1.75. The summed E-state index contributed by atoms with van der Waals surface area (Å²) in [7, 11) is -2.13. The molecule has 2 aromatic rings. The van der Waals surface area contributed by atoms with Crippen LogP contribution in [0.25, 0.3) is 0 Å². The third-order valence-corrected chi connectivity index (χ3v) is 7.12. The number of nitrogens with one attached hydrogen (secondary N) is 1. The van der Waals surface area contributed by atoms with Crippen LogP contribution >= 0.6 is 11.6 Å². The van der Waals surface area contributed by atoms with E-state index in [1.165, 1.54) is 22.5 Å². The largest absolute Gasteiger partial charge is 0.497 e. The van der Waals surface area contributed by atoms with Crippen LogP contribution in [0.3, 0.4) is 0 Å². The highest BCUT2D eigenvalue weighted by Gasteiger charge is 2.28. The minimum absolute atomic E-state index is 0.0202. The maximum Gasteiger partial charge on any atom is 0.251 e. The first-order valence-corrected chi connectivity index (χ1v) is 10.9. The number of benzene rings is 2. The van der Waals surface area contributed by atoms with Gasteiger partial charge >= 0.3 is 0 Å². The van der Waals surface area contributed by atoms with E-state index in [-0.39, 0.29) is 21.4 Å². The molecule has 1 saturated heterocycles. The fourth-order valence-corrected chi connectivity index (χ4v) is 5.13. The first-order valence-electron chi connectivity index (χ1n) is 9.12. The molecule has 0 unspecified atom stereocenters. The Morgan fingerprint density at radius 3 is 2.43 bits per heavy atom. The zero-order chi connectivity index (χ0) is 20.1. The van der Waals surface area contributed by atoms with Gasteiger partial charge in [0.1, 0.15) is 10.6 Å². The van der Waals surface area contributed by atoms with Gasteiger partial charge in [0.15, 0.2) is 0 Å². The van der Waals surface area contributed by atoms with Gasteiger partial charge in [-0.05, 0) is 48.7 Å². The molecule has 1 aliphatic heterocycles. The monoisotopic (exact) mass is 422 g/mol. The highest BCUT2D eigenvalue weighted by atomic mass is 35.5. The quantitative estimate of drug-likeness (QED) is 0.773. The van der Waals surface area contributed by atoms with E-state index in [0.717, 1.165) is 30.6 Å². The van der Waals surface area contributed by atoms with Crippen molar-refractivity contribution in [2.24, 2.45) is 0 Å². The number of hydrogen-bond donors (Lipinski definition) is 1. The first kappa shape index (κ1) is 20.6. The van der Waals surface area contributed by atoms with Gasteiger partial charge in [-0.25, -0.2) is 8.42 Å². The summed E-state index contributed by atoms with van der Waals surface area (Å²) in [6.45, 7) is 1.28. The normalized spacial score (nSPS) is 15.2. The average Bonchev–Trinajstić information content (AvgIpc) is 2.73. The molecule has 6 nitrogen and oxygen atoms in total. The topological polar surface area (TPSA) is 75.7 Å². The number of piperidine rings is 1. The summed E-state index contributed by atoms with van der Waals surface area (Å²) in [4.78, 5) is 12.5. The maximum atomic E-state index is 12.9. The van der Waals surface area contributed by atoms with Gasteiger partial charge in [-0.1, -0.05) is 30.2 Å². The highest BCUT2D eigenvalue weighted by molar-refractivity contribution is 7.89. The second-order valence-electron chi connectivity index (χ2n) is 6.64. The standard InChI is InChI=1S/C20H23ClN2O4S/c1-27-17-8-5-15(6-9-17)14-22-20(24)16-7-10-18(21)19(13-16)28(25,26)23-11-3-2-4-12-23/h5-10,13H,2-4,11-12,14H2,1H3,(H,22,24). The van der Waals surface area contributed by atoms with Crippen molar-refractivity contribution >= 4 is 27.5 Å². The van der Waals surface area contributed by atoms with Crippen molar-refractivity contribution in [2.75, 3.05) is 20.2 Å². The Morgan fingerprint density at radius 1 is 1.11 bits per heavy atom. The summed E-state index contributed by atoms with van der Waals surface area (Å²) in [6.07, 6.45) is 2.69. The number of carbonyl (C=O) groups is 1. The van der Waals surface area contributed by atoms with Crippen LogP contribution in [0.15, 0.2) is 47.4 Å². The minimum atomic E-state index is -3.72. The molecule has 3 rings (SSSR count). The minimum Gasteiger partial charge on any atom is -0.497 e. The van der Waals surface area contributed by atoms with Crippen LogP contribution in [0.1, 0.15) is 35.2 Å². The number of nitrogens with zero attached hydrogens (tertiary/aromatic N) is 1. The molecule has 0 aliphatic carbocycles. The molecule has 0 saturated carbocycles. The van der Waals surface area contributed by atoms with E-state index in [1.54, 1.807) is 7.11 Å². The van der Waals surface area contributed by atoms with E-state index in [1.807, 2.05) is 24.3 Å². The van der Waals surface area contributed by atoms with Crippen LogP contribution in [0.2, 0.25) is 5.02 Å². The lowest BCUT2D eigenvalue weighted by molar-refractivity contribution is 0.0950. The average molecular weight is 423 g/mol. The fraction of sp³-hybridized carbons (Fsp3) is 0.350. The molecule has 0 atom stereocenters. The summed E-state index contributed by atoms with van der Waals surface area (Å²) in [5.41, 5.74) is 1.16. The zero-order valence-electron chi connectivity index (χ0n) is 15.7. The third-order valence-electron chi connectivity index (χ3n) is 4.74. The van der Waals surface area contributed by atoms with Crippen LogP contribution < -0.4 is 10.1 Å². The zero-order valence-corrected chi connectivity index (χ0v) is 17.2. The Hall–Kier alpha value is -2.09. The van der Waals surface area contributed by atoms with E-state index in [9.17, 15) is 13.2 Å². The summed E-state index contributed by atoms with van der Waals surface area (Å²) in [6, 6.07) is 11.7. The van der Waals surface area contributed by atoms with E-state index < -0.39 is 10.0 Å². The molecule has 1 amide bonds. The lowest BCUT2D eigenvalue weighted by atomic mass is 10.2. The SMILES string of the molecule is COc1ccc(CNC(=O)c2ccc(Cl)c(S(=O)(=O)N3CCCCC3)c2)cc1. The molecular formula is C20H23ClN2O4S. The lowest BCUT2D eigenvalue weighted by Gasteiger charge is -2.26. The van der Waals surface area contributed by atoms with E-state index in [4.69, 9.17) is 16.3 Å². The highest BCUT2D eigenvalue weighted by Crippen LogP contribution is 2.28. The van der Waals surface area contributed by atoms with Crippen LogP contribution in [0.4, 0.5) is 0 Å². The van der Waals surface area contributed by atoms with Crippen LogP contribution in [-0.4, -0.2) is 38.8 Å². The van der Waals surface area contributed by atoms with Crippen molar-refractivity contribution in [2.45, 2.75) is 30.7 Å². The molecule has 1 fully saturated rings. The summed E-state index contributed by atoms with van der Waals surface area (Å²) in [5, 5.41) is 2.92. The van der Waals surface area contributed by atoms with Gasteiger partial charge < -0.3 is 10.1 Å². The number of amides is 1. The van der Waals surface area contributed by atoms with Crippen LogP contribution in [0, 0.1) is 0 Å². The Kier molecular flexibility index (Phi) is 6.59. The Morgan fingerprint density at radius 2 is 1.79 bits per heavy atom. The number of sulfonamides is 1. The molecule has 2 aromatic carbocycles. The smallest absolute Gasteiger partial charge is 0.251 e. The van der Waals surface area contributed by atoms with Crippen molar-refractivity contribution in [3.05, 3.63) is 58.6 Å². The fourth-order valence-electron chi connectivity index (χ4n) is 3.11. The maximum absolute atomic E-state index is 12.9. The second kappa shape index (κ2) is 8.94. The van der Waals surface area contributed by atoms with Gasteiger partial charge in [-0.3, -0.25) is 4.79 Å². The second-order valence-corrected chi connectivity index (χ2v) is 8.95. The van der Waals surface area contributed by atoms with Crippen molar-refractivity contribution < 1.29 is 17.9 Å². The molecule has 0 spiro atoms. The summed E-state index contributed by atoms with van der Waals surface area (Å²) < 4.78 is 32.4. The Labute approximate surface area is 170 Å². The predicted octanol–water partition coefficient (Wildman–Crippen LogP) is 3.45. The number of hydrogen-bond acceptors (Lipinski definition) is 4. The number of ether oxygens (including phenoxy) is 1. The molecule has 8 heteroatoms. The van der Waals surface area contributed by atoms with Gasteiger partial charge in [-0.2, -0.15) is 4.31 Å². The van der Waals surface area contributed by atoms with E-state index in [2.05, 4.69) is 5.32 Å². The van der Waals surface area contributed by atoms with E-state index in [0.29, 0.717) is 19.6 Å². The predicted molar refractivity (Wildman–Crippen MR) is 108 cm³/mol. The van der Waals surface area contributed by atoms with Gasteiger partial charge in [0.05, 0.1) is 12.1 Å². The molecular weight excluding hydrogens is 400 g/mol. The molecule has 0 bridgehead atoms. The molecule has 0 aromatic heterocycles. The van der Waals surface area contributed by atoms with Gasteiger partial charge in [-0.15, -0.1) is 0 Å². The van der Waals surface area contributed by atoms with Gasteiger partial charge in [0, 0.05) is 25.2 Å². The first-order chi connectivity index (χ1) is 13.4. The third kappa shape index (κ3) is 4.66. The molecule has 0 radical (unpaired) electrons. The number of methoxy groups -OCH3 is 1. The van der Waals surface area contributed by atoms with Gasteiger partial charge in [0.2, 0.25) is 10.0 Å². The molecule has 28 heavy (non-hydrogen) atoms. The summed E-state index contributed by atoms with van der Waals surface area (Å²) >= 11 is 6.16. The lowest BCUT2D eigenvalue weighted by Crippen LogP contribution is -2.36. The molecule has 150 valence electrons. The molecule has 1 aliphatic rings. The number of carbonyl (C=O) groups excluding carboxylic acids is 1. The molecule has 1 N–H and O–H groups in total. The van der Waals surface area contributed by atoms with Crippen LogP contribution in [-0.2, 0) is 16.6 Å². The van der Waals surface area contributed by atoms with Crippen molar-refractivity contribution in [1.29, 1.82) is 0 Å². The van der Waals surface area contributed by atoms with Gasteiger partial charge in [0.25, 0.3) is 5.91 Å². The van der Waals surface area contributed by atoms with Crippen LogP contribution in [0.5, 0.6) is 5.75 Å². The van der Waals surface area contributed by atoms with Crippen molar-refractivity contribution in [3.8, 4) is 5.75 Å². The number of rotatable bonds is 6. The van der Waals surface area contributed by atoms with Crippen molar-refractivity contribution in [1.82, 2.24) is 9.62 Å².